The van der Waals surface area contributed by atoms with Crippen LogP contribution in [0.25, 0.3) is 10.9 Å². The van der Waals surface area contributed by atoms with Crippen molar-refractivity contribution in [3.05, 3.63) is 63.6 Å². The van der Waals surface area contributed by atoms with Crippen LogP contribution in [0.2, 0.25) is 0 Å². The van der Waals surface area contributed by atoms with Crippen molar-refractivity contribution >= 4 is 16.8 Å². The fourth-order valence-electron chi connectivity index (χ4n) is 2.46. The molecule has 3 aromatic rings. The van der Waals surface area contributed by atoms with Crippen LogP contribution in [0, 0.1) is 23.0 Å². The Hall–Kier alpha value is -3.54. The molecule has 0 saturated carbocycles. The second-order valence-electron chi connectivity index (χ2n) is 5.60. The van der Waals surface area contributed by atoms with Crippen molar-refractivity contribution in [1.82, 2.24) is 15.3 Å². The number of rotatable bonds is 4. The number of fused-ring (bicyclic) bond motifs is 1. The maximum atomic E-state index is 13.9. The number of H-pyrrole nitrogens is 1. The molecule has 1 amide bonds. The van der Waals surface area contributed by atoms with E-state index in [1.807, 2.05) is 0 Å². The van der Waals surface area contributed by atoms with E-state index >= 15 is 0 Å². The number of oxazole rings is 1. The van der Waals surface area contributed by atoms with Crippen LogP contribution < -0.4 is 10.9 Å². The summed E-state index contributed by atoms with van der Waals surface area (Å²) in [5.41, 5.74) is -0.383. The zero-order valence-electron chi connectivity index (χ0n) is 13.5. The Bertz CT molecular complexity index is 1100. The highest BCUT2D eigenvalue weighted by Gasteiger charge is 2.17. The number of halogens is 2. The predicted molar refractivity (Wildman–Crippen MR) is 86.0 cm³/mol. The minimum Gasteiger partial charge on any atom is -0.445 e. The van der Waals surface area contributed by atoms with E-state index in [0.717, 1.165) is 18.4 Å². The van der Waals surface area contributed by atoms with E-state index in [9.17, 15) is 18.4 Å². The van der Waals surface area contributed by atoms with E-state index in [1.54, 1.807) is 13.0 Å². The predicted octanol–water partition coefficient (Wildman–Crippen LogP) is 2.09. The number of aromatic amines is 1. The van der Waals surface area contributed by atoms with Crippen LogP contribution in [-0.4, -0.2) is 15.9 Å². The number of nitrogens with one attached hydrogen (secondary N) is 2. The van der Waals surface area contributed by atoms with Gasteiger partial charge in [0.1, 0.15) is 18.4 Å². The lowest BCUT2D eigenvalue weighted by atomic mass is 10.1. The van der Waals surface area contributed by atoms with Crippen LogP contribution in [-0.2, 0) is 11.2 Å². The Balaban J connectivity index is 1.80. The summed E-state index contributed by atoms with van der Waals surface area (Å²) in [6, 6.07) is 4.47. The van der Waals surface area contributed by atoms with Gasteiger partial charge in [0.05, 0.1) is 11.9 Å². The van der Waals surface area contributed by atoms with Crippen LogP contribution >= 0.6 is 0 Å². The molecule has 1 atom stereocenters. The maximum absolute atomic E-state index is 13.9. The van der Waals surface area contributed by atoms with E-state index in [2.05, 4.69) is 15.3 Å². The van der Waals surface area contributed by atoms with E-state index in [4.69, 9.17) is 9.68 Å². The molecule has 0 aliphatic rings. The molecule has 0 radical (unpaired) electrons. The van der Waals surface area contributed by atoms with Crippen LogP contribution in [0.3, 0.4) is 0 Å². The van der Waals surface area contributed by atoms with Gasteiger partial charge in [0.2, 0.25) is 11.8 Å². The lowest BCUT2D eigenvalue weighted by molar-refractivity contribution is -0.121. The Morgan fingerprint density at radius 3 is 2.92 bits per heavy atom. The minimum atomic E-state index is -1.10. The fourth-order valence-corrected chi connectivity index (χ4v) is 2.46. The fraction of sp³-hybridized carbons (Fsp3) is 0.176. The zero-order chi connectivity index (χ0) is 18.8. The summed E-state index contributed by atoms with van der Waals surface area (Å²) in [7, 11) is 0. The van der Waals surface area contributed by atoms with Gasteiger partial charge in [-0.15, -0.1) is 0 Å². The lowest BCUT2D eigenvalue weighted by Gasteiger charge is -2.10. The lowest BCUT2D eigenvalue weighted by Crippen LogP contribution is -2.30. The number of nitrogens with zero attached hydrogens (tertiary/aromatic N) is 2. The van der Waals surface area contributed by atoms with Gasteiger partial charge in [-0.2, -0.15) is 5.26 Å². The highest BCUT2D eigenvalue weighted by atomic mass is 19.2. The second-order valence-corrected chi connectivity index (χ2v) is 5.60. The van der Waals surface area contributed by atoms with Gasteiger partial charge in [-0.05, 0) is 25.1 Å². The number of aromatic nitrogens is 2. The summed E-state index contributed by atoms with van der Waals surface area (Å²) in [4.78, 5) is 30.5. The Kier molecular flexibility index (Phi) is 4.49. The van der Waals surface area contributed by atoms with Crippen molar-refractivity contribution < 1.29 is 18.0 Å². The van der Waals surface area contributed by atoms with Crippen LogP contribution in [0.4, 0.5) is 8.78 Å². The number of carbonyl (C=O) groups is 1. The molecule has 132 valence electrons. The standard InChI is InChI=1S/C17H12F2N4O3/c1-8(17-22-10(6-20)7-26-17)21-14(24)5-9-4-11-13(23-16(9)25)3-2-12(18)15(11)19/h2-4,7-8H,5H2,1H3,(H,21,24)(H,23,25)/t8-/m0/s1. The molecular formula is C17H12F2N4O3. The van der Waals surface area contributed by atoms with Gasteiger partial charge >= 0.3 is 0 Å². The summed E-state index contributed by atoms with van der Waals surface area (Å²) in [5, 5.41) is 11.2. The van der Waals surface area contributed by atoms with Crippen molar-refractivity contribution in [2.75, 3.05) is 0 Å². The van der Waals surface area contributed by atoms with E-state index < -0.39 is 29.1 Å². The number of hydrogen-bond acceptors (Lipinski definition) is 5. The first-order chi connectivity index (χ1) is 12.4. The third kappa shape index (κ3) is 3.30. The average molecular weight is 358 g/mol. The maximum Gasteiger partial charge on any atom is 0.252 e. The van der Waals surface area contributed by atoms with Gasteiger partial charge in [0.25, 0.3) is 5.56 Å². The second kappa shape index (κ2) is 6.76. The molecule has 1 aromatic carbocycles. The first-order valence-electron chi connectivity index (χ1n) is 7.54. The Labute approximate surface area is 145 Å². The number of benzene rings is 1. The molecule has 0 unspecified atom stereocenters. The highest BCUT2D eigenvalue weighted by molar-refractivity contribution is 5.83. The molecule has 0 aliphatic carbocycles. The molecule has 0 bridgehead atoms. The summed E-state index contributed by atoms with van der Waals surface area (Å²) in [5.74, 6) is -2.56. The van der Waals surface area contributed by atoms with Gasteiger partial charge in [-0.1, -0.05) is 0 Å². The third-order valence-electron chi connectivity index (χ3n) is 3.73. The monoisotopic (exact) mass is 358 g/mol. The van der Waals surface area contributed by atoms with Crippen molar-refractivity contribution in [2.45, 2.75) is 19.4 Å². The van der Waals surface area contributed by atoms with Gasteiger partial charge < -0.3 is 14.7 Å². The smallest absolute Gasteiger partial charge is 0.252 e. The van der Waals surface area contributed by atoms with Crippen LogP contribution in [0.15, 0.2) is 33.7 Å². The van der Waals surface area contributed by atoms with E-state index in [1.165, 1.54) is 6.07 Å². The zero-order valence-corrected chi connectivity index (χ0v) is 13.5. The number of carbonyl (C=O) groups excluding carboxylic acids is 1. The highest BCUT2D eigenvalue weighted by Crippen LogP contribution is 2.18. The van der Waals surface area contributed by atoms with Gasteiger partial charge in [0.15, 0.2) is 17.3 Å². The van der Waals surface area contributed by atoms with E-state index in [0.29, 0.717) is 0 Å². The van der Waals surface area contributed by atoms with Crippen LogP contribution in [0.1, 0.15) is 30.1 Å². The topological polar surface area (TPSA) is 112 Å². The average Bonchev–Trinajstić information content (AvgIpc) is 3.09. The van der Waals surface area contributed by atoms with E-state index in [-0.39, 0.29) is 34.5 Å². The summed E-state index contributed by atoms with van der Waals surface area (Å²) < 4.78 is 32.3. The molecule has 7 nitrogen and oxygen atoms in total. The summed E-state index contributed by atoms with van der Waals surface area (Å²) in [6.45, 7) is 1.59. The largest absolute Gasteiger partial charge is 0.445 e. The normalized spacial score (nSPS) is 11.9. The SMILES string of the molecule is C[C@H](NC(=O)Cc1cc2c(F)c(F)ccc2[nH]c1=O)c1nc(C#N)co1. The molecule has 9 heteroatoms. The number of hydrogen-bond donors (Lipinski definition) is 2. The van der Waals surface area contributed by atoms with Crippen LogP contribution in [0.5, 0.6) is 0 Å². The van der Waals surface area contributed by atoms with Crippen molar-refractivity contribution in [3.8, 4) is 6.07 Å². The third-order valence-corrected chi connectivity index (χ3v) is 3.73. The quantitative estimate of drug-likeness (QED) is 0.742. The molecular weight excluding hydrogens is 346 g/mol. The number of amides is 1. The van der Waals surface area contributed by atoms with Gasteiger partial charge in [0, 0.05) is 10.9 Å². The van der Waals surface area contributed by atoms with Crippen molar-refractivity contribution in [2.24, 2.45) is 0 Å². The van der Waals surface area contributed by atoms with Gasteiger partial charge in [-0.3, -0.25) is 9.59 Å². The molecule has 0 fully saturated rings. The Morgan fingerprint density at radius 2 is 2.23 bits per heavy atom. The summed E-state index contributed by atoms with van der Waals surface area (Å²) >= 11 is 0. The first-order valence-corrected chi connectivity index (χ1v) is 7.54. The summed E-state index contributed by atoms with van der Waals surface area (Å²) in [6.07, 6.45) is 0.806. The number of nitriles is 1. The first kappa shape index (κ1) is 17.3. The molecule has 26 heavy (non-hydrogen) atoms. The van der Waals surface area contributed by atoms with Gasteiger partial charge in [-0.25, -0.2) is 13.8 Å². The van der Waals surface area contributed by atoms with Crippen molar-refractivity contribution in [3.63, 3.8) is 0 Å². The van der Waals surface area contributed by atoms with Crippen molar-refractivity contribution in [1.29, 1.82) is 5.26 Å². The molecule has 0 spiro atoms. The number of pyridine rings is 1. The molecule has 0 saturated heterocycles. The Morgan fingerprint density at radius 1 is 1.46 bits per heavy atom. The molecule has 2 aromatic heterocycles. The molecule has 3 rings (SSSR count). The minimum absolute atomic E-state index is 0.0168. The molecule has 2 N–H and O–H groups in total. The molecule has 2 heterocycles. The molecule has 0 aliphatic heterocycles.